The van der Waals surface area contributed by atoms with Crippen molar-refractivity contribution < 1.29 is 19.8 Å². The average Bonchev–Trinajstić information content (AvgIpc) is 3.50. The quantitative estimate of drug-likeness (QED) is 0.292. The number of aliphatic hydroxyl groups excluding tert-OH is 2. The minimum Gasteiger partial charge on any atom is -0.390 e. The molecule has 2 aliphatic heterocycles. The molecule has 8 heteroatoms. The molecule has 6 fully saturated rings. The first-order valence-electron chi connectivity index (χ1n) is 14.2. The van der Waals surface area contributed by atoms with Crippen molar-refractivity contribution in [1.29, 1.82) is 0 Å². The van der Waals surface area contributed by atoms with Gasteiger partial charge in [0.1, 0.15) is 0 Å². The summed E-state index contributed by atoms with van der Waals surface area (Å²) < 4.78 is 0. The van der Waals surface area contributed by atoms with Crippen LogP contribution in [0.1, 0.15) is 72.1 Å². The van der Waals surface area contributed by atoms with Crippen LogP contribution < -0.4 is 16.0 Å². The van der Waals surface area contributed by atoms with E-state index in [1.165, 1.54) is 6.42 Å². The number of rotatable bonds is 3. The first-order valence-corrected chi connectivity index (χ1v) is 15.2. The minimum absolute atomic E-state index is 0.00111. The predicted molar refractivity (Wildman–Crippen MR) is 140 cm³/mol. The Bertz CT molecular complexity index is 959. The van der Waals surface area contributed by atoms with Gasteiger partial charge in [-0.2, -0.15) is 11.8 Å². The van der Waals surface area contributed by atoms with Crippen molar-refractivity contribution in [2.45, 2.75) is 108 Å². The molecule has 4 saturated carbocycles. The van der Waals surface area contributed by atoms with Crippen molar-refractivity contribution in [3.63, 3.8) is 0 Å². The van der Waals surface area contributed by atoms with Gasteiger partial charge in [-0.1, -0.05) is 25.5 Å². The Morgan fingerprint density at radius 3 is 2.69 bits per heavy atom. The molecule has 4 unspecified atom stereocenters. The number of allylic oxidation sites excluding steroid dienone is 2. The maximum Gasteiger partial charge on any atom is 0.315 e. The topological polar surface area (TPSA) is 111 Å². The van der Waals surface area contributed by atoms with Crippen LogP contribution in [-0.2, 0) is 4.79 Å². The number of hydrogen-bond acceptors (Lipinski definition) is 5. The van der Waals surface area contributed by atoms with Crippen LogP contribution in [0.25, 0.3) is 0 Å². The molecule has 3 amide bonds. The number of aliphatic hydroxyl groups is 2. The molecule has 2 saturated heterocycles. The minimum atomic E-state index is -0.737. The second kappa shape index (κ2) is 8.91. The molecule has 0 aromatic rings. The third-order valence-corrected chi connectivity index (χ3v) is 13.1. The normalized spacial score (nSPS) is 52.6. The summed E-state index contributed by atoms with van der Waals surface area (Å²) in [6.45, 7) is 6.91. The molecule has 0 radical (unpaired) electrons. The molecule has 0 bridgehead atoms. The second-order valence-electron chi connectivity index (χ2n) is 13.1. The van der Waals surface area contributed by atoms with E-state index in [0.717, 1.165) is 44.3 Å². The Labute approximate surface area is 219 Å². The number of urea groups is 1. The summed E-state index contributed by atoms with van der Waals surface area (Å²) in [5, 5.41) is 32.3. The van der Waals surface area contributed by atoms with Gasteiger partial charge in [-0.15, -0.1) is 0 Å². The van der Waals surface area contributed by atoms with E-state index < -0.39 is 12.2 Å². The standard InChI is InChI=1S/C28H43N3O4S/c1-4-14-5-6-16-22-17(8-10-27(14,16)2)28(3)9-7-15(11-18(28)24(33)25(22)34)29-21(32)12-20-23-19(13-36-20)30-26(35)31-23/h4,15-20,22-25,33-34H,5-13H2,1-3H3,(H,29,32)(H2,30,31,35)/b14-4-/t15-,16?,17?,18?,19-,20-,22?,23-,24+,25+,27+,28+/m0/s1. The molecule has 0 aromatic heterocycles. The van der Waals surface area contributed by atoms with Crippen LogP contribution in [-0.4, -0.2) is 63.5 Å². The van der Waals surface area contributed by atoms with E-state index in [9.17, 15) is 19.8 Å². The lowest BCUT2D eigenvalue weighted by Crippen LogP contribution is -2.64. The average molecular weight is 518 g/mol. The first-order chi connectivity index (χ1) is 17.2. The van der Waals surface area contributed by atoms with E-state index in [1.807, 2.05) is 0 Å². The lowest BCUT2D eigenvalue weighted by Gasteiger charge is -2.63. The van der Waals surface area contributed by atoms with Crippen LogP contribution in [0.3, 0.4) is 0 Å². The maximum atomic E-state index is 13.0. The van der Waals surface area contributed by atoms with Gasteiger partial charge in [0.25, 0.3) is 0 Å². The fraction of sp³-hybridized carbons (Fsp3) is 0.857. The molecule has 36 heavy (non-hydrogen) atoms. The Morgan fingerprint density at radius 1 is 1.11 bits per heavy atom. The lowest BCUT2D eigenvalue weighted by molar-refractivity contribution is -0.211. The molecular formula is C28H43N3O4S. The van der Waals surface area contributed by atoms with Gasteiger partial charge >= 0.3 is 6.03 Å². The van der Waals surface area contributed by atoms with E-state index in [-0.39, 0.29) is 58.0 Å². The molecule has 2 heterocycles. The van der Waals surface area contributed by atoms with Gasteiger partial charge in [0, 0.05) is 23.5 Å². The molecule has 12 atom stereocenters. The van der Waals surface area contributed by atoms with Crippen molar-refractivity contribution >= 4 is 23.7 Å². The highest BCUT2D eigenvalue weighted by Gasteiger charge is 2.64. The molecule has 6 aliphatic rings. The number of fused-ring (bicyclic) bond motifs is 6. The zero-order chi connectivity index (χ0) is 25.4. The molecule has 0 spiro atoms. The zero-order valence-corrected chi connectivity index (χ0v) is 22.7. The van der Waals surface area contributed by atoms with Crippen LogP contribution in [0.5, 0.6) is 0 Å². The van der Waals surface area contributed by atoms with Gasteiger partial charge in [-0.25, -0.2) is 4.79 Å². The molecule has 4 aliphatic carbocycles. The fourth-order valence-corrected chi connectivity index (χ4v) is 11.2. The SMILES string of the molecule is C/C=C1/CCC2C3C(CC[C@]12C)[C@@]1(C)CC[C@H](NC(=O)C[C@@H]2SC[C@@H]4NC(=O)N[C@@H]42)CC1[C@@H](O)[C@@H]3O. The number of thioether (sulfide) groups is 1. The predicted octanol–water partition coefficient (Wildman–Crippen LogP) is 2.96. The second-order valence-corrected chi connectivity index (χ2v) is 14.3. The smallest absolute Gasteiger partial charge is 0.315 e. The summed E-state index contributed by atoms with van der Waals surface area (Å²) >= 11 is 1.75. The Hall–Kier alpha value is -1.25. The molecule has 5 N–H and O–H groups in total. The highest BCUT2D eigenvalue weighted by molar-refractivity contribution is 8.00. The highest BCUT2D eigenvalue weighted by atomic mass is 32.2. The van der Waals surface area contributed by atoms with E-state index in [2.05, 4.69) is 42.8 Å². The Balaban J connectivity index is 1.13. The van der Waals surface area contributed by atoms with Gasteiger partial charge in [0.2, 0.25) is 5.91 Å². The third-order valence-electron chi connectivity index (χ3n) is 11.6. The molecule has 7 nitrogen and oxygen atoms in total. The summed E-state index contributed by atoms with van der Waals surface area (Å²) in [7, 11) is 0. The summed E-state index contributed by atoms with van der Waals surface area (Å²) in [6, 6.07) is 0.0323. The van der Waals surface area contributed by atoms with Gasteiger partial charge in [-0.05, 0) is 86.4 Å². The zero-order valence-electron chi connectivity index (χ0n) is 21.8. The van der Waals surface area contributed by atoms with Crippen molar-refractivity contribution in [3.05, 3.63) is 11.6 Å². The largest absolute Gasteiger partial charge is 0.390 e. The third kappa shape index (κ3) is 3.68. The number of hydrogen-bond donors (Lipinski definition) is 5. The van der Waals surface area contributed by atoms with Crippen molar-refractivity contribution in [1.82, 2.24) is 16.0 Å². The van der Waals surface area contributed by atoms with Crippen LogP contribution in [0.4, 0.5) is 4.79 Å². The van der Waals surface area contributed by atoms with Gasteiger partial charge in [0.15, 0.2) is 0 Å². The number of carbonyl (C=O) groups is 2. The van der Waals surface area contributed by atoms with Crippen LogP contribution in [0.2, 0.25) is 0 Å². The fourth-order valence-electron chi connectivity index (χ4n) is 9.75. The van der Waals surface area contributed by atoms with Crippen LogP contribution in [0, 0.1) is 34.5 Å². The maximum absolute atomic E-state index is 13.0. The molecule has 200 valence electrons. The first kappa shape index (κ1) is 25.1. The van der Waals surface area contributed by atoms with E-state index in [0.29, 0.717) is 18.3 Å². The summed E-state index contributed by atoms with van der Waals surface area (Å²) in [6.07, 6.45) is 8.45. The Morgan fingerprint density at radius 2 is 1.92 bits per heavy atom. The molecule has 0 aromatic carbocycles. The summed E-state index contributed by atoms with van der Waals surface area (Å²) in [5.41, 5.74) is 1.71. The monoisotopic (exact) mass is 517 g/mol. The number of amides is 3. The Kier molecular flexibility index (Phi) is 6.20. The van der Waals surface area contributed by atoms with E-state index >= 15 is 0 Å². The molecule has 6 rings (SSSR count). The van der Waals surface area contributed by atoms with Crippen molar-refractivity contribution in [3.8, 4) is 0 Å². The van der Waals surface area contributed by atoms with Crippen molar-refractivity contribution in [2.24, 2.45) is 34.5 Å². The number of carbonyl (C=O) groups excluding carboxylic acids is 2. The van der Waals surface area contributed by atoms with Gasteiger partial charge in [0.05, 0.1) is 24.3 Å². The van der Waals surface area contributed by atoms with Crippen molar-refractivity contribution in [2.75, 3.05) is 5.75 Å². The van der Waals surface area contributed by atoms with Gasteiger partial charge < -0.3 is 26.2 Å². The van der Waals surface area contributed by atoms with Crippen LogP contribution in [0.15, 0.2) is 11.6 Å². The highest BCUT2D eigenvalue weighted by Crippen LogP contribution is 2.67. The molecular weight excluding hydrogens is 474 g/mol. The number of nitrogens with one attached hydrogen (secondary N) is 3. The lowest BCUT2D eigenvalue weighted by atomic mass is 9.43. The summed E-state index contributed by atoms with van der Waals surface area (Å²) in [5.74, 6) is 1.91. The van der Waals surface area contributed by atoms with E-state index in [1.54, 1.807) is 17.3 Å². The van der Waals surface area contributed by atoms with Gasteiger partial charge in [-0.3, -0.25) is 4.79 Å². The summed E-state index contributed by atoms with van der Waals surface area (Å²) in [4.78, 5) is 24.7. The van der Waals surface area contributed by atoms with E-state index in [4.69, 9.17) is 0 Å². The van der Waals surface area contributed by atoms with Crippen LogP contribution >= 0.6 is 11.8 Å².